The van der Waals surface area contributed by atoms with E-state index in [-0.39, 0.29) is 11.6 Å². The fourth-order valence-corrected chi connectivity index (χ4v) is 2.07. The van der Waals surface area contributed by atoms with Crippen LogP contribution in [0.5, 0.6) is 0 Å². The lowest BCUT2D eigenvalue weighted by atomic mass is 10.0. The van der Waals surface area contributed by atoms with Crippen molar-refractivity contribution in [1.29, 1.82) is 0 Å². The summed E-state index contributed by atoms with van der Waals surface area (Å²) in [5.74, 6) is -1.94. The first kappa shape index (κ1) is 16.0. The third kappa shape index (κ3) is 3.43. The highest BCUT2D eigenvalue weighted by Crippen LogP contribution is 2.18. The van der Waals surface area contributed by atoms with Crippen LogP contribution in [0.15, 0.2) is 30.5 Å². The first-order chi connectivity index (χ1) is 10.4. The minimum absolute atomic E-state index is 0.0202. The minimum atomic E-state index is -1.10. The lowest BCUT2D eigenvalue weighted by Crippen LogP contribution is -2.44. The van der Waals surface area contributed by atoms with Gasteiger partial charge in [-0.3, -0.25) is 4.79 Å². The molecular formula is C14H15ClN4O3. The molecular weight excluding hydrogens is 308 g/mol. The molecule has 2 aromatic rings. The minimum Gasteiger partial charge on any atom is -0.480 e. The summed E-state index contributed by atoms with van der Waals surface area (Å²) in [5.41, 5.74) is 0.598. The van der Waals surface area contributed by atoms with Gasteiger partial charge in [-0.25, -0.2) is 9.48 Å². The maximum absolute atomic E-state index is 12.1. The second-order valence-corrected chi connectivity index (χ2v) is 5.44. The van der Waals surface area contributed by atoms with Crippen molar-refractivity contribution in [3.05, 3.63) is 41.2 Å². The number of hydrogen-bond acceptors (Lipinski definition) is 4. The topological polar surface area (TPSA) is 97.1 Å². The van der Waals surface area contributed by atoms with E-state index in [2.05, 4.69) is 15.6 Å². The van der Waals surface area contributed by atoms with Gasteiger partial charge in [0.05, 0.1) is 16.9 Å². The number of carboxylic acid groups (broad SMARTS) is 1. The normalized spacial score (nSPS) is 12.2. The maximum atomic E-state index is 12.1. The van der Waals surface area contributed by atoms with Gasteiger partial charge >= 0.3 is 5.97 Å². The van der Waals surface area contributed by atoms with Gasteiger partial charge in [-0.15, -0.1) is 5.10 Å². The highest BCUT2D eigenvalue weighted by atomic mass is 35.5. The number of rotatable bonds is 5. The molecule has 0 aliphatic carbocycles. The first-order valence-electron chi connectivity index (χ1n) is 6.61. The van der Waals surface area contributed by atoms with E-state index in [9.17, 15) is 9.59 Å². The van der Waals surface area contributed by atoms with E-state index in [4.69, 9.17) is 16.7 Å². The molecule has 1 amide bonds. The zero-order valence-corrected chi connectivity index (χ0v) is 12.8. The van der Waals surface area contributed by atoms with Crippen LogP contribution in [0.1, 0.15) is 24.3 Å². The standard InChI is InChI=1S/C14H15ClN4O3/c1-8(2)12(14(21)22)16-13(20)10-7-19(18-17-10)11-6-4-3-5-9(11)15/h3-8,12H,1-2H3,(H,16,20)(H,21,22)/t12-/m0/s1. The molecule has 7 nitrogen and oxygen atoms in total. The number of hydrogen-bond donors (Lipinski definition) is 2. The van der Waals surface area contributed by atoms with Gasteiger partial charge in [-0.1, -0.05) is 42.8 Å². The summed E-state index contributed by atoms with van der Waals surface area (Å²) in [6, 6.07) is 5.99. The Morgan fingerprint density at radius 2 is 2.00 bits per heavy atom. The number of para-hydroxylation sites is 1. The molecule has 0 radical (unpaired) electrons. The zero-order chi connectivity index (χ0) is 16.3. The van der Waals surface area contributed by atoms with E-state index < -0.39 is 17.9 Å². The molecule has 0 saturated carbocycles. The van der Waals surface area contributed by atoms with Crippen molar-refractivity contribution >= 4 is 23.5 Å². The van der Waals surface area contributed by atoms with Gasteiger partial charge in [0.25, 0.3) is 5.91 Å². The average molecular weight is 323 g/mol. The third-order valence-electron chi connectivity index (χ3n) is 3.04. The van der Waals surface area contributed by atoms with Crippen LogP contribution in [0.4, 0.5) is 0 Å². The smallest absolute Gasteiger partial charge is 0.326 e. The highest BCUT2D eigenvalue weighted by Gasteiger charge is 2.25. The van der Waals surface area contributed by atoms with Crippen molar-refractivity contribution in [3.63, 3.8) is 0 Å². The zero-order valence-electron chi connectivity index (χ0n) is 12.0. The van der Waals surface area contributed by atoms with Crippen LogP contribution in [-0.2, 0) is 4.79 Å². The molecule has 0 aliphatic rings. The molecule has 0 unspecified atom stereocenters. The first-order valence-corrected chi connectivity index (χ1v) is 6.99. The molecule has 116 valence electrons. The number of carboxylic acids is 1. The van der Waals surface area contributed by atoms with E-state index in [0.29, 0.717) is 10.7 Å². The summed E-state index contributed by atoms with van der Waals surface area (Å²) < 4.78 is 1.36. The van der Waals surface area contributed by atoms with Gasteiger partial charge in [-0.2, -0.15) is 0 Å². The van der Waals surface area contributed by atoms with Crippen LogP contribution in [0, 0.1) is 5.92 Å². The maximum Gasteiger partial charge on any atom is 0.326 e. The summed E-state index contributed by atoms with van der Waals surface area (Å²) in [6.07, 6.45) is 1.40. The molecule has 1 atom stereocenters. The molecule has 0 aliphatic heterocycles. The summed E-state index contributed by atoms with van der Waals surface area (Å²) >= 11 is 6.05. The Morgan fingerprint density at radius 3 is 2.59 bits per heavy atom. The molecule has 2 rings (SSSR count). The second kappa shape index (κ2) is 6.57. The number of carbonyl (C=O) groups is 2. The molecule has 1 aromatic heterocycles. The Bertz CT molecular complexity index is 699. The van der Waals surface area contributed by atoms with Crippen LogP contribution in [0.3, 0.4) is 0 Å². The summed E-state index contributed by atoms with van der Waals surface area (Å²) in [7, 11) is 0. The fourth-order valence-electron chi connectivity index (χ4n) is 1.85. The predicted molar refractivity (Wildman–Crippen MR) is 80.1 cm³/mol. The van der Waals surface area contributed by atoms with Crippen LogP contribution in [0.2, 0.25) is 5.02 Å². The van der Waals surface area contributed by atoms with E-state index in [1.807, 2.05) is 0 Å². The molecule has 22 heavy (non-hydrogen) atoms. The number of nitrogens with one attached hydrogen (secondary N) is 1. The fraction of sp³-hybridized carbons (Fsp3) is 0.286. The molecule has 2 N–H and O–H groups in total. The Kier molecular flexibility index (Phi) is 4.77. The third-order valence-corrected chi connectivity index (χ3v) is 3.36. The number of benzene rings is 1. The van der Waals surface area contributed by atoms with Gasteiger partial charge in [-0.05, 0) is 18.1 Å². The van der Waals surface area contributed by atoms with E-state index >= 15 is 0 Å². The van der Waals surface area contributed by atoms with Crippen LogP contribution < -0.4 is 5.32 Å². The Balaban J connectivity index is 2.19. The van der Waals surface area contributed by atoms with Crippen molar-refractivity contribution in [2.24, 2.45) is 5.92 Å². The van der Waals surface area contributed by atoms with Gasteiger partial charge in [0.15, 0.2) is 5.69 Å². The highest BCUT2D eigenvalue weighted by molar-refractivity contribution is 6.32. The number of amides is 1. The molecule has 0 spiro atoms. The monoisotopic (exact) mass is 322 g/mol. The van der Waals surface area contributed by atoms with Crippen LogP contribution in [0.25, 0.3) is 5.69 Å². The van der Waals surface area contributed by atoms with Gasteiger partial charge in [0, 0.05) is 0 Å². The predicted octanol–water partition coefficient (Wildman–Crippen LogP) is 1.76. The van der Waals surface area contributed by atoms with Gasteiger partial charge in [0.1, 0.15) is 6.04 Å². The molecule has 8 heteroatoms. The quantitative estimate of drug-likeness (QED) is 0.874. The number of aromatic nitrogens is 3. The number of nitrogens with zero attached hydrogens (tertiary/aromatic N) is 3. The summed E-state index contributed by atoms with van der Waals surface area (Å²) in [6.45, 7) is 3.42. The van der Waals surface area contributed by atoms with E-state index in [0.717, 1.165) is 0 Å². The van der Waals surface area contributed by atoms with Crippen molar-refractivity contribution in [3.8, 4) is 5.69 Å². The van der Waals surface area contributed by atoms with E-state index in [1.165, 1.54) is 10.9 Å². The SMILES string of the molecule is CC(C)[C@H](NC(=O)c1cn(-c2ccccc2Cl)nn1)C(=O)O. The number of halogens is 1. The lowest BCUT2D eigenvalue weighted by Gasteiger charge is -2.16. The van der Waals surface area contributed by atoms with Gasteiger partial charge in [0.2, 0.25) is 0 Å². The van der Waals surface area contributed by atoms with Crippen LogP contribution >= 0.6 is 11.6 Å². The lowest BCUT2D eigenvalue weighted by molar-refractivity contribution is -0.140. The Morgan fingerprint density at radius 1 is 1.32 bits per heavy atom. The Hall–Kier alpha value is -2.41. The average Bonchev–Trinajstić information content (AvgIpc) is 2.94. The number of aliphatic carboxylic acids is 1. The Labute approximate surface area is 131 Å². The summed E-state index contributed by atoms with van der Waals surface area (Å²) in [4.78, 5) is 23.2. The van der Waals surface area contributed by atoms with Crippen LogP contribution in [-0.4, -0.2) is 38.0 Å². The molecule has 0 bridgehead atoms. The molecule has 0 fully saturated rings. The van der Waals surface area contributed by atoms with Crippen molar-refractivity contribution in [2.45, 2.75) is 19.9 Å². The van der Waals surface area contributed by atoms with Gasteiger partial charge < -0.3 is 10.4 Å². The molecule has 0 saturated heterocycles. The van der Waals surface area contributed by atoms with E-state index in [1.54, 1.807) is 38.1 Å². The number of carbonyl (C=O) groups excluding carboxylic acids is 1. The van der Waals surface area contributed by atoms with Crippen molar-refractivity contribution in [2.75, 3.05) is 0 Å². The summed E-state index contributed by atoms with van der Waals surface area (Å²) in [5, 5.41) is 19.6. The molecule has 1 aromatic carbocycles. The van der Waals surface area contributed by atoms with Crippen molar-refractivity contribution < 1.29 is 14.7 Å². The second-order valence-electron chi connectivity index (χ2n) is 5.03. The largest absolute Gasteiger partial charge is 0.480 e. The van der Waals surface area contributed by atoms with Crippen molar-refractivity contribution in [1.82, 2.24) is 20.3 Å². The molecule has 1 heterocycles.